The molecule has 1 saturated heterocycles. The van der Waals surface area contributed by atoms with Gasteiger partial charge in [-0.25, -0.2) is 0 Å². The molecule has 1 aliphatic rings. The molecule has 1 aliphatic heterocycles. The van der Waals surface area contributed by atoms with Gasteiger partial charge in [0, 0.05) is 0 Å². The minimum absolute atomic E-state index is 0.0499. The highest BCUT2D eigenvalue weighted by molar-refractivity contribution is 8.78. The van der Waals surface area contributed by atoms with Crippen molar-refractivity contribution < 1.29 is 9.59 Å². The lowest BCUT2D eigenvalue weighted by molar-refractivity contribution is -0.117. The summed E-state index contributed by atoms with van der Waals surface area (Å²) in [5, 5.41) is 0.0998. The number of hydrogen-bond donors (Lipinski definition) is 0. The zero-order chi connectivity index (χ0) is 8.43. The topological polar surface area (TPSA) is 34.1 Å². The zero-order valence-corrected chi connectivity index (χ0v) is 8.13. The van der Waals surface area contributed by atoms with Gasteiger partial charge in [-0.15, -0.1) is 0 Å². The largest absolute Gasteiger partial charge is 0.299 e. The van der Waals surface area contributed by atoms with Gasteiger partial charge in [0.25, 0.3) is 0 Å². The SMILES string of the molecule is CC(=O)C1CC(C(C)=O)SS1. The molecule has 1 rings (SSSR count). The van der Waals surface area contributed by atoms with Gasteiger partial charge in [-0.2, -0.15) is 0 Å². The van der Waals surface area contributed by atoms with Crippen LogP contribution in [0.2, 0.25) is 0 Å². The normalized spacial score (nSPS) is 30.4. The van der Waals surface area contributed by atoms with Crippen molar-refractivity contribution >= 4 is 33.2 Å². The van der Waals surface area contributed by atoms with Gasteiger partial charge in [0.2, 0.25) is 0 Å². The summed E-state index contributed by atoms with van der Waals surface area (Å²) in [6.07, 6.45) is 0.722. The highest BCUT2D eigenvalue weighted by atomic mass is 33.1. The summed E-state index contributed by atoms with van der Waals surface area (Å²) in [6, 6.07) is 0. The third kappa shape index (κ3) is 2.24. The number of carbonyl (C=O) groups excluding carboxylic acids is 2. The smallest absolute Gasteiger partial charge is 0.143 e. The Labute approximate surface area is 73.9 Å². The fraction of sp³-hybridized carbons (Fsp3) is 0.714. The Kier molecular flexibility index (Phi) is 3.01. The van der Waals surface area contributed by atoms with Crippen molar-refractivity contribution in [3.05, 3.63) is 0 Å². The monoisotopic (exact) mass is 190 g/mol. The molecule has 62 valence electrons. The molecule has 2 nitrogen and oxygen atoms in total. The lowest BCUT2D eigenvalue weighted by atomic mass is 10.1. The van der Waals surface area contributed by atoms with E-state index in [1.54, 1.807) is 13.8 Å². The van der Waals surface area contributed by atoms with E-state index in [0.717, 1.165) is 6.42 Å². The van der Waals surface area contributed by atoms with Crippen LogP contribution in [0, 0.1) is 0 Å². The van der Waals surface area contributed by atoms with E-state index in [-0.39, 0.29) is 22.1 Å². The quantitative estimate of drug-likeness (QED) is 0.620. The third-order valence-corrected chi connectivity index (χ3v) is 4.97. The van der Waals surface area contributed by atoms with Crippen molar-refractivity contribution in [2.45, 2.75) is 30.8 Å². The first-order valence-corrected chi connectivity index (χ1v) is 5.72. The van der Waals surface area contributed by atoms with Crippen LogP contribution in [0.1, 0.15) is 20.3 Å². The number of ketones is 2. The summed E-state index contributed by atoms with van der Waals surface area (Å²) in [5.74, 6) is 0.373. The van der Waals surface area contributed by atoms with Gasteiger partial charge in [-0.05, 0) is 20.3 Å². The third-order valence-electron chi connectivity index (χ3n) is 1.62. The summed E-state index contributed by atoms with van der Waals surface area (Å²) in [5.41, 5.74) is 0. The first kappa shape index (κ1) is 9.13. The van der Waals surface area contributed by atoms with E-state index in [4.69, 9.17) is 0 Å². The zero-order valence-electron chi connectivity index (χ0n) is 6.49. The van der Waals surface area contributed by atoms with E-state index >= 15 is 0 Å². The van der Waals surface area contributed by atoms with E-state index in [0.29, 0.717) is 0 Å². The van der Waals surface area contributed by atoms with Gasteiger partial charge < -0.3 is 0 Å². The Bertz CT molecular complexity index is 171. The van der Waals surface area contributed by atoms with E-state index < -0.39 is 0 Å². The molecule has 1 fully saturated rings. The van der Waals surface area contributed by atoms with Crippen molar-refractivity contribution in [1.29, 1.82) is 0 Å². The van der Waals surface area contributed by atoms with Crippen LogP contribution in [-0.4, -0.2) is 22.1 Å². The maximum Gasteiger partial charge on any atom is 0.143 e. The average Bonchev–Trinajstić information content (AvgIpc) is 2.33. The molecule has 2 atom stereocenters. The van der Waals surface area contributed by atoms with Crippen molar-refractivity contribution in [1.82, 2.24) is 0 Å². The van der Waals surface area contributed by atoms with Crippen LogP contribution < -0.4 is 0 Å². The van der Waals surface area contributed by atoms with Crippen LogP contribution in [-0.2, 0) is 9.59 Å². The summed E-state index contributed by atoms with van der Waals surface area (Å²) in [7, 11) is 3.07. The Hall–Kier alpha value is 0.0400. The van der Waals surface area contributed by atoms with Crippen molar-refractivity contribution in [3.63, 3.8) is 0 Å². The summed E-state index contributed by atoms with van der Waals surface area (Å²) >= 11 is 0. The Morgan fingerprint density at radius 2 is 1.45 bits per heavy atom. The minimum atomic E-state index is 0.0499. The maximum absolute atomic E-state index is 10.9. The molecule has 0 aromatic heterocycles. The molecule has 1 heterocycles. The Balaban J connectivity index is 2.47. The average molecular weight is 190 g/mol. The number of carbonyl (C=O) groups is 2. The second-order valence-corrected chi connectivity index (χ2v) is 5.30. The standard InChI is InChI=1S/C7H10O2S2/c1-4(8)6-3-7(5(2)9)11-10-6/h6-7H,3H2,1-2H3. The molecular weight excluding hydrogens is 180 g/mol. The van der Waals surface area contributed by atoms with Crippen LogP contribution in [0.15, 0.2) is 0 Å². The predicted octanol–water partition coefficient (Wildman–Crippen LogP) is 1.69. The van der Waals surface area contributed by atoms with E-state index in [1.807, 2.05) is 0 Å². The molecule has 0 aromatic rings. The molecule has 11 heavy (non-hydrogen) atoms. The fourth-order valence-electron chi connectivity index (χ4n) is 0.875. The molecule has 0 amide bonds. The maximum atomic E-state index is 10.9. The van der Waals surface area contributed by atoms with Crippen LogP contribution in [0.3, 0.4) is 0 Å². The second-order valence-electron chi connectivity index (χ2n) is 2.63. The van der Waals surface area contributed by atoms with E-state index in [1.165, 1.54) is 21.6 Å². The van der Waals surface area contributed by atoms with Gasteiger partial charge in [0.15, 0.2) is 0 Å². The van der Waals surface area contributed by atoms with E-state index in [2.05, 4.69) is 0 Å². The lowest BCUT2D eigenvalue weighted by Crippen LogP contribution is -2.16. The summed E-state index contributed by atoms with van der Waals surface area (Å²) in [4.78, 5) is 21.7. The molecule has 0 N–H and O–H groups in total. The highest BCUT2D eigenvalue weighted by Gasteiger charge is 2.31. The first-order valence-electron chi connectivity index (χ1n) is 3.44. The van der Waals surface area contributed by atoms with Gasteiger partial charge >= 0.3 is 0 Å². The Morgan fingerprint density at radius 1 is 1.09 bits per heavy atom. The molecule has 0 bridgehead atoms. The molecule has 2 unspecified atom stereocenters. The highest BCUT2D eigenvalue weighted by Crippen LogP contribution is 2.43. The molecule has 0 aromatic carbocycles. The van der Waals surface area contributed by atoms with Gasteiger partial charge in [-0.3, -0.25) is 9.59 Å². The van der Waals surface area contributed by atoms with E-state index in [9.17, 15) is 9.59 Å². The van der Waals surface area contributed by atoms with Crippen molar-refractivity contribution in [2.24, 2.45) is 0 Å². The van der Waals surface area contributed by atoms with Crippen molar-refractivity contribution in [2.75, 3.05) is 0 Å². The van der Waals surface area contributed by atoms with Gasteiger partial charge in [-0.1, -0.05) is 21.6 Å². The number of hydrogen-bond acceptors (Lipinski definition) is 4. The lowest BCUT2D eigenvalue weighted by Gasteiger charge is -2.01. The predicted molar refractivity (Wildman–Crippen MR) is 48.7 cm³/mol. The minimum Gasteiger partial charge on any atom is -0.299 e. The van der Waals surface area contributed by atoms with Crippen molar-refractivity contribution in [3.8, 4) is 0 Å². The fourth-order valence-corrected chi connectivity index (χ4v) is 4.17. The van der Waals surface area contributed by atoms with Crippen LogP contribution >= 0.6 is 21.6 Å². The van der Waals surface area contributed by atoms with Crippen LogP contribution in [0.25, 0.3) is 0 Å². The number of rotatable bonds is 2. The first-order chi connectivity index (χ1) is 5.11. The summed E-state index contributed by atoms with van der Waals surface area (Å²) < 4.78 is 0. The van der Waals surface area contributed by atoms with Gasteiger partial charge in [0.05, 0.1) is 10.5 Å². The van der Waals surface area contributed by atoms with Gasteiger partial charge in [0.1, 0.15) is 11.6 Å². The molecule has 4 heteroatoms. The molecule has 0 spiro atoms. The number of Topliss-reactive ketones (excluding diaryl/α,β-unsaturated/α-hetero) is 2. The second kappa shape index (κ2) is 3.63. The summed E-state index contributed by atoms with van der Waals surface area (Å²) in [6.45, 7) is 3.17. The molecule has 0 radical (unpaired) electrons. The molecule has 0 aliphatic carbocycles. The molecule has 0 saturated carbocycles. The Morgan fingerprint density at radius 3 is 1.64 bits per heavy atom. The van der Waals surface area contributed by atoms with Crippen LogP contribution in [0.4, 0.5) is 0 Å². The molecular formula is C7H10O2S2. The van der Waals surface area contributed by atoms with Crippen LogP contribution in [0.5, 0.6) is 0 Å².